The van der Waals surface area contributed by atoms with Gasteiger partial charge < -0.3 is 30.2 Å². The first-order valence-corrected chi connectivity index (χ1v) is 13.2. The zero-order valence-corrected chi connectivity index (χ0v) is 21.8. The Morgan fingerprint density at radius 3 is 1.46 bits per heavy atom. The van der Waals surface area contributed by atoms with E-state index in [4.69, 9.17) is 9.31 Å². The summed E-state index contributed by atoms with van der Waals surface area (Å²) in [4.78, 5) is 0. The highest BCUT2D eigenvalue weighted by Crippen LogP contribution is 2.45. The first kappa shape index (κ1) is 22.9. The van der Waals surface area contributed by atoms with Crippen molar-refractivity contribution in [3.63, 3.8) is 0 Å². The van der Waals surface area contributed by atoms with E-state index in [2.05, 4.69) is 121 Å². The largest absolute Gasteiger partial charge is 0.457 e. The number of rotatable bonds is 4. The molecule has 0 amide bonds. The highest BCUT2D eigenvalue weighted by Gasteiger charge is 2.57. The predicted octanol–water partition coefficient (Wildman–Crippen LogP) is 6.35. The summed E-state index contributed by atoms with van der Waals surface area (Å²) in [5, 5.41) is 20.0. The van der Waals surface area contributed by atoms with Crippen LogP contribution >= 0.6 is 0 Å². The van der Waals surface area contributed by atoms with Crippen LogP contribution in [0, 0.1) is 0 Å². The van der Waals surface area contributed by atoms with Crippen molar-refractivity contribution in [2.45, 2.75) is 50.9 Å². The van der Waals surface area contributed by atoms with Gasteiger partial charge >= 0.3 is 21.1 Å². The molecule has 4 aromatic carbocycles. The summed E-state index contributed by atoms with van der Waals surface area (Å²) in [6.45, 7) is 8.42. The molecule has 1 fully saturated rings. The molecular weight excluding hydrogens is 457 g/mol. The van der Waals surface area contributed by atoms with Gasteiger partial charge in [-0.1, -0.05) is 48.5 Å². The number of anilines is 4. The molecule has 0 spiro atoms. The second kappa shape index (κ2) is 8.11. The Kier molecular flexibility index (Phi) is 5.01. The molecule has 1 saturated heterocycles. The van der Waals surface area contributed by atoms with Crippen LogP contribution in [0.5, 0.6) is 0 Å². The van der Waals surface area contributed by atoms with Crippen LogP contribution < -0.4 is 20.9 Å². The maximum absolute atomic E-state index is 6.65. The van der Waals surface area contributed by atoms with Crippen molar-refractivity contribution in [1.82, 2.24) is 0 Å². The summed E-state index contributed by atoms with van der Waals surface area (Å²) < 4.78 is 13.3. The highest BCUT2D eigenvalue weighted by molar-refractivity contribution is 6.83. The maximum atomic E-state index is 6.65. The second-order valence-corrected chi connectivity index (χ2v) is 11.6. The summed E-state index contributed by atoms with van der Waals surface area (Å²) in [6.07, 6.45) is 0.782. The summed E-state index contributed by atoms with van der Waals surface area (Å²) in [6, 6.07) is 25.7. The minimum Gasteiger partial charge on any atom is -0.409 e. The number of hydrogen-bond donors (Lipinski definition) is 4. The van der Waals surface area contributed by atoms with Gasteiger partial charge in [0.15, 0.2) is 0 Å². The van der Waals surface area contributed by atoms with E-state index in [0.29, 0.717) is 0 Å². The van der Waals surface area contributed by atoms with Gasteiger partial charge in [0.1, 0.15) is 0 Å². The molecule has 7 rings (SSSR count). The van der Waals surface area contributed by atoms with Crippen LogP contribution in [0.1, 0.15) is 27.7 Å². The van der Waals surface area contributed by atoms with Crippen LogP contribution in [0.4, 0.5) is 22.7 Å². The number of hydrogen-bond acceptors (Lipinski definition) is 6. The first-order chi connectivity index (χ1) is 17.8. The van der Waals surface area contributed by atoms with Crippen LogP contribution in [0.3, 0.4) is 0 Å². The zero-order valence-electron chi connectivity index (χ0n) is 21.8. The third-order valence-corrected chi connectivity index (χ3v) is 8.65. The lowest BCUT2D eigenvalue weighted by molar-refractivity contribution is 0.00578. The van der Waals surface area contributed by atoms with E-state index < -0.39 is 11.2 Å². The van der Waals surface area contributed by atoms with Gasteiger partial charge in [0, 0.05) is 39.2 Å². The Bertz CT molecular complexity index is 1430. The summed E-state index contributed by atoms with van der Waals surface area (Å²) in [7, 11) is -0.379. The molecule has 4 aromatic rings. The van der Waals surface area contributed by atoms with Gasteiger partial charge in [-0.25, -0.2) is 0 Å². The van der Waals surface area contributed by atoms with Crippen molar-refractivity contribution in [1.29, 1.82) is 0 Å². The SMILES string of the molecule is CC1(C)OB([C@@H](CB2Nc3cccc4cccc(c34)N2)B2Nc3cccc4cccc(c34)N2)OC1(C)C. The minimum absolute atomic E-state index is 0.000808. The van der Waals surface area contributed by atoms with E-state index in [1.807, 2.05) is 0 Å². The van der Waals surface area contributed by atoms with Gasteiger partial charge in [0.2, 0.25) is 0 Å². The molecule has 37 heavy (non-hydrogen) atoms. The van der Waals surface area contributed by atoms with Gasteiger partial charge in [0.05, 0.1) is 11.2 Å². The van der Waals surface area contributed by atoms with Crippen LogP contribution in [-0.2, 0) is 9.31 Å². The van der Waals surface area contributed by atoms with Crippen molar-refractivity contribution in [2.75, 3.05) is 20.9 Å². The van der Waals surface area contributed by atoms with Gasteiger partial charge in [-0.2, -0.15) is 0 Å². The van der Waals surface area contributed by atoms with Gasteiger partial charge in [-0.15, -0.1) is 0 Å². The van der Waals surface area contributed by atoms with Crippen LogP contribution in [0.25, 0.3) is 21.5 Å². The molecule has 0 aromatic heterocycles. The number of benzene rings is 4. The van der Waals surface area contributed by atoms with Gasteiger partial charge in [-0.3, -0.25) is 0 Å². The molecule has 0 bridgehead atoms. The fraction of sp³-hybridized carbons (Fsp3) is 0.286. The van der Waals surface area contributed by atoms with Crippen molar-refractivity contribution in [3.8, 4) is 0 Å². The summed E-state index contributed by atoms with van der Waals surface area (Å²) in [5.74, 6) is 0. The van der Waals surface area contributed by atoms with E-state index >= 15 is 0 Å². The van der Waals surface area contributed by atoms with Crippen molar-refractivity contribution >= 4 is 65.4 Å². The first-order valence-electron chi connectivity index (χ1n) is 13.2. The Morgan fingerprint density at radius 1 is 0.622 bits per heavy atom. The van der Waals surface area contributed by atoms with E-state index in [-0.39, 0.29) is 26.8 Å². The monoisotopic (exact) mass is 488 g/mol. The van der Waals surface area contributed by atoms with Gasteiger partial charge in [0.25, 0.3) is 0 Å². The Hall–Kier alpha value is -3.29. The molecule has 1 atom stereocenters. The molecular formula is C28H31B3N4O2. The highest BCUT2D eigenvalue weighted by atomic mass is 16.7. The molecule has 6 nitrogen and oxygen atoms in total. The Labute approximate surface area is 219 Å². The smallest absolute Gasteiger partial charge is 0.409 e. The molecule has 3 heterocycles. The Balaban J connectivity index is 1.24. The Morgan fingerprint density at radius 2 is 1.03 bits per heavy atom. The van der Waals surface area contributed by atoms with E-state index in [9.17, 15) is 0 Å². The van der Waals surface area contributed by atoms with Crippen LogP contribution in [0.15, 0.2) is 72.8 Å². The van der Waals surface area contributed by atoms with E-state index in [0.717, 1.165) is 29.1 Å². The number of nitrogens with one attached hydrogen (secondary N) is 4. The summed E-state index contributed by atoms with van der Waals surface area (Å²) >= 11 is 0. The molecule has 0 radical (unpaired) electrons. The molecule has 0 saturated carbocycles. The molecule has 0 aliphatic carbocycles. The fourth-order valence-corrected chi connectivity index (χ4v) is 6.02. The maximum Gasteiger partial charge on any atom is 0.457 e. The lowest BCUT2D eigenvalue weighted by Crippen LogP contribution is -2.51. The minimum atomic E-state index is -0.409. The third kappa shape index (κ3) is 3.67. The van der Waals surface area contributed by atoms with Crippen LogP contribution in [-0.4, -0.2) is 32.3 Å². The molecule has 184 valence electrons. The standard InChI is InChI=1S/C28H31B3N4O2/c1-27(2)28(3,4)37-31(36-27)24(30-34-22-15-7-11-19-12-8-16-23(35-30)26(19)22)17-29-32-20-13-5-9-18-10-6-14-21(33-29)25(18)20/h5-16,24,32-35H,17H2,1-4H3/t24-/m0/s1. The fourth-order valence-electron chi connectivity index (χ4n) is 6.02. The normalized spacial score (nSPS) is 19.7. The lowest BCUT2D eigenvalue weighted by Gasteiger charge is -2.35. The molecule has 0 unspecified atom stereocenters. The molecule has 4 N–H and O–H groups in total. The summed E-state index contributed by atoms with van der Waals surface area (Å²) in [5.41, 5.74) is 3.77. The van der Waals surface area contributed by atoms with E-state index in [1.54, 1.807) is 0 Å². The topological polar surface area (TPSA) is 66.6 Å². The molecule has 9 heteroatoms. The van der Waals surface area contributed by atoms with Crippen molar-refractivity contribution in [2.24, 2.45) is 0 Å². The van der Waals surface area contributed by atoms with E-state index in [1.165, 1.54) is 21.5 Å². The predicted molar refractivity (Wildman–Crippen MR) is 159 cm³/mol. The second-order valence-electron chi connectivity index (χ2n) is 11.6. The van der Waals surface area contributed by atoms with Crippen molar-refractivity contribution < 1.29 is 9.31 Å². The van der Waals surface area contributed by atoms with Crippen LogP contribution in [0.2, 0.25) is 12.0 Å². The third-order valence-electron chi connectivity index (χ3n) is 8.65. The van der Waals surface area contributed by atoms with Gasteiger partial charge in [-0.05, 0) is 69.1 Å². The quantitative estimate of drug-likeness (QED) is 0.252. The average molecular weight is 488 g/mol. The molecule has 3 aliphatic rings. The lowest BCUT2D eigenvalue weighted by atomic mass is 9.39. The zero-order chi connectivity index (χ0) is 25.4. The van der Waals surface area contributed by atoms with Crippen molar-refractivity contribution in [3.05, 3.63) is 72.8 Å². The molecule has 3 aliphatic heterocycles. The average Bonchev–Trinajstić information content (AvgIpc) is 3.09.